The molecule has 0 amide bonds. The van der Waals surface area contributed by atoms with Crippen LogP contribution in [0.2, 0.25) is 0 Å². The van der Waals surface area contributed by atoms with E-state index in [4.69, 9.17) is 0 Å². The number of nitrogens with zero attached hydrogens (tertiary/aromatic N) is 1. The van der Waals surface area contributed by atoms with Gasteiger partial charge in [0, 0.05) is 24.4 Å². The van der Waals surface area contributed by atoms with Crippen molar-refractivity contribution in [2.24, 2.45) is 11.8 Å². The highest BCUT2D eigenvalue weighted by molar-refractivity contribution is 5.23. The van der Waals surface area contributed by atoms with Gasteiger partial charge in [-0.1, -0.05) is 26.8 Å². The minimum Gasteiger partial charge on any atom is -0.316 e. The first-order valence-corrected chi connectivity index (χ1v) is 7.73. The molecule has 1 aliphatic carbocycles. The molecule has 0 atom stereocenters. The van der Waals surface area contributed by atoms with Gasteiger partial charge < -0.3 is 5.32 Å². The Bertz CT molecular complexity index is 364. The average molecular weight is 260 g/mol. The van der Waals surface area contributed by atoms with Crippen molar-refractivity contribution in [1.29, 1.82) is 0 Å². The van der Waals surface area contributed by atoms with Crippen molar-refractivity contribution in [2.45, 2.75) is 51.9 Å². The molecule has 1 heterocycles. The van der Waals surface area contributed by atoms with Gasteiger partial charge >= 0.3 is 0 Å². The molecule has 0 saturated heterocycles. The van der Waals surface area contributed by atoms with Crippen LogP contribution in [0.15, 0.2) is 24.5 Å². The predicted octanol–water partition coefficient (Wildman–Crippen LogP) is 3.78. The van der Waals surface area contributed by atoms with Crippen molar-refractivity contribution in [3.8, 4) is 0 Å². The number of aromatic nitrogens is 1. The monoisotopic (exact) mass is 260 g/mol. The van der Waals surface area contributed by atoms with E-state index in [9.17, 15) is 0 Å². The molecule has 1 saturated carbocycles. The van der Waals surface area contributed by atoms with Crippen LogP contribution in [0.3, 0.4) is 0 Å². The number of hydrogen-bond acceptors (Lipinski definition) is 2. The number of pyridine rings is 1. The quantitative estimate of drug-likeness (QED) is 0.871. The van der Waals surface area contributed by atoms with Crippen molar-refractivity contribution in [1.82, 2.24) is 10.3 Å². The first kappa shape index (κ1) is 14.5. The summed E-state index contributed by atoms with van der Waals surface area (Å²) < 4.78 is 0. The maximum absolute atomic E-state index is 4.34. The maximum atomic E-state index is 4.34. The molecule has 0 spiro atoms. The Morgan fingerprint density at radius 1 is 1.37 bits per heavy atom. The minimum absolute atomic E-state index is 0.315. The summed E-state index contributed by atoms with van der Waals surface area (Å²) in [4.78, 5) is 4.34. The summed E-state index contributed by atoms with van der Waals surface area (Å²) in [6, 6.07) is 4.34. The van der Waals surface area contributed by atoms with Gasteiger partial charge in [0.15, 0.2) is 0 Å². The average Bonchev–Trinajstić information content (AvgIpc) is 2.42. The lowest BCUT2D eigenvalue weighted by Crippen LogP contribution is -2.42. The zero-order valence-corrected chi connectivity index (χ0v) is 12.7. The van der Waals surface area contributed by atoms with Gasteiger partial charge in [0.2, 0.25) is 0 Å². The van der Waals surface area contributed by atoms with Crippen molar-refractivity contribution in [2.75, 3.05) is 13.1 Å². The molecule has 0 aromatic carbocycles. The molecule has 0 bridgehead atoms. The lowest BCUT2D eigenvalue weighted by atomic mass is 9.67. The van der Waals surface area contributed by atoms with Crippen LogP contribution in [0, 0.1) is 11.8 Å². The highest BCUT2D eigenvalue weighted by Gasteiger charge is 2.35. The molecule has 0 unspecified atom stereocenters. The number of hydrogen-bond donors (Lipinski definition) is 1. The summed E-state index contributed by atoms with van der Waals surface area (Å²) in [6.07, 6.45) is 9.24. The SMILES string of the molecule is CC(C)CNCC1(c2cccnc2)CCC(C)CC1. The molecular weight excluding hydrogens is 232 g/mol. The van der Waals surface area contributed by atoms with Crippen molar-refractivity contribution in [3.63, 3.8) is 0 Å². The van der Waals surface area contributed by atoms with Crippen LogP contribution in [0.25, 0.3) is 0 Å². The minimum atomic E-state index is 0.315. The van der Waals surface area contributed by atoms with Crippen molar-refractivity contribution >= 4 is 0 Å². The second-order valence-corrected chi connectivity index (χ2v) is 6.73. The van der Waals surface area contributed by atoms with Crippen LogP contribution in [0.5, 0.6) is 0 Å². The largest absolute Gasteiger partial charge is 0.316 e. The molecule has 0 radical (unpaired) electrons. The Morgan fingerprint density at radius 2 is 2.11 bits per heavy atom. The van der Waals surface area contributed by atoms with E-state index in [0.717, 1.165) is 19.0 Å². The Morgan fingerprint density at radius 3 is 2.68 bits per heavy atom. The fraction of sp³-hybridized carbons (Fsp3) is 0.706. The summed E-state index contributed by atoms with van der Waals surface area (Å²) in [5, 5.41) is 3.68. The van der Waals surface area contributed by atoms with Gasteiger partial charge in [-0.25, -0.2) is 0 Å². The zero-order chi connectivity index (χ0) is 13.7. The molecule has 1 aromatic rings. The third-order valence-corrected chi connectivity index (χ3v) is 4.52. The molecule has 1 aromatic heterocycles. The standard InChI is InChI=1S/C17H28N2/c1-14(2)11-19-13-17(8-6-15(3)7-9-17)16-5-4-10-18-12-16/h4-5,10,12,14-15,19H,6-9,11,13H2,1-3H3. The number of rotatable bonds is 5. The fourth-order valence-corrected chi connectivity index (χ4v) is 3.16. The second kappa shape index (κ2) is 6.51. The normalized spacial score (nSPS) is 27.7. The van der Waals surface area contributed by atoms with Crippen LogP contribution in [0.4, 0.5) is 0 Å². The highest BCUT2D eigenvalue weighted by atomic mass is 14.9. The van der Waals surface area contributed by atoms with Crippen LogP contribution in [0.1, 0.15) is 52.0 Å². The first-order valence-electron chi connectivity index (χ1n) is 7.73. The molecule has 2 rings (SSSR count). The van der Waals surface area contributed by atoms with Crippen LogP contribution in [-0.2, 0) is 5.41 Å². The van der Waals surface area contributed by atoms with Gasteiger partial charge in [-0.3, -0.25) is 4.98 Å². The molecule has 1 fully saturated rings. The smallest absolute Gasteiger partial charge is 0.0306 e. The van der Waals surface area contributed by atoms with Crippen molar-refractivity contribution < 1.29 is 0 Å². The predicted molar refractivity (Wildman–Crippen MR) is 81.3 cm³/mol. The molecular formula is C17H28N2. The van der Waals surface area contributed by atoms with Gasteiger partial charge in [-0.05, 0) is 55.7 Å². The van der Waals surface area contributed by atoms with E-state index >= 15 is 0 Å². The lowest BCUT2D eigenvalue weighted by molar-refractivity contribution is 0.231. The van der Waals surface area contributed by atoms with Gasteiger partial charge in [0.05, 0.1) is 0 Å². The molecule has 1 N–H and O–H groups in total. The summed E-state index contributed by atoms with van der Waals surface area (Å²) >= 11 is 0. The molecule has 19 heavy (non-hydrogen) atoms. The topological polar surface area (TPSA) is 24.9 Å². The van der Waals surface area contributed by atoms with Gasteiger partial charge in [0.1, 0.15) is 0 Å². The Balaban J connectivity index is 2.09. The Hall–Kier alpha value is -0.890. The van der Waals surface area contributed by atoms with Gasteiger partial charge in [0.25, 0.3) is 0 Å². The molecule has 0 aliphatic heterocycles. The molecule has 106 valence electrons. The first-order chi connectivity index (χ1) is 9.12. The van der Waals surface area contributed by atoms with Gasteiger partial charge in [-0.2, -0.15) is 0 Å². The summed E-state index contributed by atoms with van der Waals surface area (Å²) in [5.74, 6) is 1.60. The van der Waals surface area contributed by atoms with Crippen LogP contribution in [-0.4, -0.2) is 18.1 Å². The molecule has 1 aliphatic rings. The fourth-order valence-electron chi connectivity index (χ4n) is 3.16. The zero-order valence-electron chi connectivity index (χ0n) is 12.7. The third-order valence-electron chi connectivity index (χ3n) is 4.52. The third kappa shape index (κ3) is 3.79. The van der Waals surface area contributed by atoms with Gasteiger partial charge in [-0.15, -0.1) is 0 Å². The summed E-state index contributed by atoms with van der Waals surface area (Å²) in [5.41, 5.74) is 1.74. The van der Waals surface area contributed by atoms with E-state index in [-0.39, 0.29) is 0 Å². The van der Waals surface area contributed by atoms with Crippen molar-refractivity contribution in [3.05, 3.63) is 30.1 Å². The Kier molecular flexibility index (Phi) is 4.98. The summed E-state index contributed by atoms with van der Waals surface area (Å²) in [7, 11) is 0. The highest BCUT2D eigenvalue weighted by Crippen LogP contribution is 2.40. The van der Waals surface area contributed by atoms with E-state index < -0.39 is 0 Å². The van der Waals surface area contributed by atoms with E-state index in [2.05, 4.69) is 49.4 Å². The number of nitrogens with one attached hydrogen (secondary N) is 1. The van der Waals surface area contributed by atoms with E-state index in [0.29, 0.717) is 11.3 Å². The van der Waals surface area contributed by atoms with E-state index in [1.165, 1.54) is 31.2 Å². The van der Waals surface area contributed by atoms with Crippen LogP contribution < -0.4 is 5.32 Å². The van der Waals surface area contributed by atoms with E-state index in [1.54, 1.807) is 0 Å². The van der Waals surface area contributed by atoms with E-state index in [1.807, 2.05) is 6.20 Å². The summed E-state index contributed by atoms with van der Waals surface area (Å²) in [6.45, 7) is 9.13. The maximum Gasteiger partial charge on any atom is 0.0306 e. The molecule has 2 heteroatoms. The lowest BCUT2D eigenvalue weighted by Gasteiger charge is -2.40. The Labute approximate surface area is 118 Å². The second-order valence-electron chi connectivity index (χ2n) is 6.73. The molecule has 2 nitrogen and oxygen atoms in total. The van der Waals surface area contributed by atoms with Crippen LogP contribution >= 0.6 is 0 Å².